The standard InChI is InChI=1S/C50H32S2/c1-3-15-32(16-4-1)47-43-29-42-40-24-13-25-41(50(40)52-44(42)30-45(43)51-49(47)33-17-5-2-6-18-33)48-38-22-11-9-20-36(38)46(37-21-10-12-23-39(37)48)35-27-26-31-14-7-8-19-34(31)28-35/h1-28,30,43H,29H2. The number of hydrogen-bond donors (Lipinski definition) is 0. The van der Waals surface area contributed by atoms with Crippen molar-refractivity contribution >= 4 is 82.1 Å². The molecule has 2 aliphatic rings. The molecule has 0 fully saturated rings. The van der Waals surface area contributed by atoms with Gasteiger partial charge in [0.15, 0.2) is 0 Å². The Kier molecular flexibility index (Phi) is 6.90. The summed E-state index contributed by atoms with van der Waals surface area (Å²) in [6.45, 7) is 0. The molecule has 1 atom stereocenters. The van der Waals surface area contributed by atoms with Gasteiger partial charge in [0.2, 0.25) is 0 Å². The highest BCUT2D eigenvalue weighted by molar-refractivity contribution is 8.12. The third-order valence-electron chi connectivity index (χ3n) is 11.0. The van der Waals surface area contributed by atoms with Crippen molar-refractivity contribution in [2.75, 3.05) is 0 Å². The van der Waals surface area contributed by atoms with Crippen LogP contribution in [0.1, 0.15) is 21.6 Å². The van der Waals surface area contributed by atoms with Crippen molar-refractivity contribution in [3.63, 3.8) is 0 Å². The third kappa shape index (κ3) is 4.61. The van der Waals surface area contributed by atoms with Gasteiger partial charge in [0.05, 0.1) is 0 Å². The van der Waals surface area contributed by atoms with Crippen LogP contribution in [0.25, 0.3) is 81.2 Å². The quantitative estimate of drug-likeness (QED) is 0.165. The van der Waals surface area contributed by atoms with Crippen LogP contribution in [0.2, 0.25) is 0 Å². The summed E-state index contributed by atoms with van der Waals surface area (Å²) in [5, 5.41) is 9.12. The number of thioether (sulfide) groups is 1. The Balaban J connectivity index is 1.11. The molecule has 1 unspecified atom stereocenters. The topological polar surface area (TPSA) is 0 Å². The van der Waals surface area contributed by atoms with E-state index in [1.165, 1.54) is 102 Å². The first-order chi connectivity index (χ1) is 25.8. The summed E-state index contributed by atoms with van der Waals surface area (Å²) in [5.74, 6) is 0.347. The lowest BCUT2D eigenvalue weighted by molar-refractivity contribution is 0.821. The van der Waals surface area contributed by atoms with Gasteiger partial charge in [0, 0.05) is 26.0 Å². The predicted molar refractivity (Wildman–Crippen MR) is 228 cm³/mol. The van der Waals surface area contributed by atoms with E-state index in [1.807, 2.05) is 23.1 Å². The Labute approximate surface area is 311 Å². The maximum absolute atomic E-state index is 2.51. The highest BCUT2D eigenvalue weighted by Crippen LogP contribution is 2.59. The minimum atomic E-state index is 0.347. The first-order valence-electron chi connectivity index (χ1n) is 18.0. The molecule has 11 rings (SSSR count). The fourth-order valence-corrected chi connectivity index (χ4v) is 11.5. The average molecular weight is 697 g/mol. The second-order valence-electron chi connectivity index (χ2n) is 13.9. The zero-order valence-corrected chi connectivity index (χ0v) is 30.0. The Morgan fingerprint density at radius 2 is 1.06 bits per heavy atom. The SMILES string of the molecule is C1=C2SC(c3ccccc3)=C(c3ccccc3)C2Cc2c1sc1c(-c3c4ccccc4c(-c4ccc5ccccc5c4)c4ccccc34)cccc21. The van der Waals surface area contributed by atoms with Crippen molar-refractivity contribution in [1.82, 2.24) is 0 Å². The van der Waals surface area contributed by atoms with Gasteiger partial charge < -0.3 is 0 Å². The molecule has 0 bridgehead atoms. The molecule has 0 N–H and O–H groups in total. The number of rotatable bonds is 4. The summed E-state index contributed by atoms with van der Waals surface area (Å²) in [7, 11) is 0. The summed E-state index contributed by atoms with van der Waals surface area (Å²) in [5.41, 5.74) is 10.8. The number of fused-ring (bicyclic) bond motifs is 7. The van der Waals surface area contributed by atoms with Crippen LogP contribution in [0, 0.1) is 5.92 Å². The van der Waals surface area contributed by atoms with Crippen molar-refractivity contribution in [2.24, 2.45) is 5.92 Å². The Morgan fingerprint density at radius 1 is 0.462 bits per heavy atom. The number of allylic oxidation sites excluding steroid dienone is 2. The smallest absolute Gasteiger partial charge is 0.0430 e. The van der Waals surface area contributed by atoms with E-state index in [0.717, 1.165) is 6.42 Å². The molecule has 0 saturated heterocycles. The second kappa shape index (κ2) is 12.0. The molecule has 1 aliphatic heterocycles. The lowest BCUT2D eigenvalue weighted by Gasteiger charge is -2.21. The molecule has 52 heavy (non-hydrogen) atoms. The van der Waals surface area contributed by atoms with Gasteiger partial charge in [-0.1, -0.05) is 176 Å². The van der Waals surface area contributed by atoms with E-state index in [9.17, 15) is 0 Å². The molecule has 0 saturated carbocycles. The minimum Gasteiger partial charge on any atom is -0.135 e. The van der Waals surface area contributed by atoms with Gasteiger partial charge in [-0.05, 0) is 100 Å². The number of hydrogen-bond acceptors (Lipinski definition) is 2. The molecule has 0 nitrogen and oxygen atoms in total. The molecule has 9 aromatic rings. The second-order valence-corrected chi connectivity index (χ2v) is 16.0. The van der Waals surface area contributed by atoms with Gasteiger partial charge in [-0.3, -0.25) is 0 Å². The van der Waals surface area contributed by atoms with Gasteiger partial charge >= 0.3 is 0 Å². The van der Waals surface area contributed by atoms with Crippen molar-refractivity contribution in [3.05, 3.63) is 196 Å². The predicted octanol–water partition coefficient (Wildman–Crippen LogP) is 14.5. The van der Waals surface area contributed by atoms with Crippen molar-refractivity contribution in [2.45, 2.75) is 6.42 Å². The summed E-state index contributed by atoms with van der Waals surface area (Å²) in [6.07, 6.45) is 3.53. The molecule has 2 heteroatoms. The van der Waals surface area contributed by atoms with Crippen LogP contribution < -0.4 is 0 Å². The van der Waals surface area contributed by atoms with Crippen LogP contribution in [-0.4, -0.2) is 0 Å². The first kappa shape index (κ1) is 30.0. The Bertz CT molecular complexity index is 2890. The summed E-state index contributed by atoms with van der Waals surface area (Å²) >= 11 is 3.95. The minimum absolute atomic E-state index is 0.347. The third-order valence-corrected chi connectivity index (χ3v) is 13.6. The Morgan fingerprint density at radius 3 is 1.77 bits per heavy atom. The average Bonchev–Trinajstić information content (AvgIpc) is 3.77. The molecular weight excluding hydrogens is 665 g/mol. The van der Waals surface area contributed by atoms with Gasteiger partial charge in [0.25, 0.3) is 0 Å². The summed E-state index contributed by atoms with van der Waals surface area (Å²) in [6, 6.07) is 62.7. The Hall–Kier alpha value is -5.67. The zero-order chi connectivity index (χ0) is 34.2. The number of thiophene rings is 1. The molecule has 0 spiro atoms. The fourth-order valence-electron chi connectivity index (χ4n) is 8.75. The van der Waals surface area contributed by atoms with E-state index in [0.29, 0.717) is 5.92 Å². The lowest BCUT2D eigenvalue weighted by Crippen LogP contribution is -2.09. The molecule has 0 radical (unpaired) electrons. The van der Waals surface area contributed by atoms with E-state index in [2.05, 4.69) is 176 Å². The van der Waals surface area contributed by atoms with E-state index in [-0.39, 0.29) is 0 Å². The first-order valence-corrected chi connectivity index (χ1v) is 19.7. The van der Waals surface area contributed by atoms with E-state index < -0.39 is 0 Å². The molecule has 1 aromatic heterocycles. The maximum Gasteiger partial charge on any atom is 0.0430 e. The van der Waals surface area contributed by atoms with E-state index >= 15 is 0 Å². The molecule has 8 aromatic carbocycles. The monoisotopic (exact) mass is 696 g/mol. The van der Waals surface area contributed by atoms with Crippen LogP contribution in [0.4, 0.5) is 0 Å². The van der Waals surface area contributed by atoms with Crippen LogP contribution in [-0.2, 0) is 6.42 Å². The highest BCUT2D eigenvalue weighted by Gasteiger charge is 2.36. The van der Waals surface area contributed by atoms with Crippen molar-refractivity contribution in [3.8, 4) is 22.3 Å². The van der Waals surface area contributed by atoms with Gasteiger partial charge in [-0.2, -0.15) is 0 Å². The van der Waals surface area contributed by atoms with Gasteiger partial charge in [-0.15, -0.1) is 11.3 Å². The zero-order valence-electron chi connectivity index (χ0n) is 28.3. The molecule has 244 valence electrons. The molecule has 0 amide bonds. The van der Waals surface area contributed by atoms with Crippen LogP contribution >= 0.6 is 23.1 Å². The van der Waals surface area contributed by atoms with Crippen molar-refractivity contribution < 1.29 is 0 Å². The van der Waals surface area contributed by atoms with E-state index in [1.54, 1.807) is 0 Å². The summed E-state index contributed by atoms with van der Waals surface area (Å²) < 4.78 is 1.39. The normalized spacial score (nSPS) is 15.4. The van der Waals surface area contributed by atoms with Crippen LogP contribution in [0.15, 0.2) is 175 Å². The molecular formula is C50H32S2. The van der Waals surface area contributed by atoms with Gasteiger partial charge in [-0.25, -0.2) is 0 Å². The van der Waals surface area contributed by atoms with Crippen molar-refractivity contribution in [1.29, 1.82) is 0 Å². The van der Waals surface area contributed by atoms with Crippen LogP contribution in [0.3, 0.4) is 0 Å². The van der Waals surface area contributed by atoms with Crippen LogP contribution in [0.5, 0.6) is 0 Å². The van der Waals surface area contributed by atoms with Gasteiger partial charge in [0.1, 0.15) is 0 Å². The fraction of sp³-hybridized carbons (Fsp3) is 0.0400. The molecule has 2 heterocycles. The highest BCUT2D eigenvalue weighted by atomic mass is 32.2. The summed E-state index contributed by atoms with van der Waals surface area (Å²) in [4.78, 5) is 4.27. The molecule has 1 aliphatic carbocycles. The van der Waals surface area contributed by atoms with E-state index in [4.69, 9.17) is 0 Å². The number of benzene rings is 8. The largest absolute Gasteiger partial charge is 0.135 e. The lowest BCUT2D eigenvalue weighted by atomic mass is 9.82. The maximum atomic E-state index is 2.51.